The largest absolute Gasteiger partial charge is 0.454 e. The SMILES string of the molecule is N#Cc1cc2c(cc1N=[N+]=[N-])OCO2. The molecule has 0 aliphatic carbocycles. The normalized spacial score (nSPS) is 11.6. The lowest BCUT2D eigenvalue weighted by Crippen LogP contribution is -1.92. The third-order valence-corrected chi connectivity index (χ3v) is 1.76. The topological polar surface area (TPSA) is 91.0 Å². The Morgan fingerprint density at radius 1 is 1.43 bits per heavy atom. The third kappa shape index (κ3) is 1.18. The van der Waals surface area contributed by atoms with Crippen molar-refractivity contribution >= 4 is 5.69 Å². The van der Waals surface area contributed by atoms with Gasteiger partial charge in [0.2, 0.25) is 6.79 Å². The highest BCUT2D eigenvalue weighted by molar-refractivity contribution is 5.62. The van der Waals surface area contributed by atoms with Crippen molar-refractivity contribution in [2.75, 3.05) is 6.79 Å². The summed E-state index contributed by atoms with van der Waals surface area (Å²) in [5.41, 5.74) is 8.78. The second-order valence-corrected chi connectivity index (χ2v) is 2.52. The molecule has 0 radical (unpaired) electrons. The summed E-state index contributed by atoms with van der Waals surface area (Å²) in [5, 5.41) is 12.1. The van der Waals surface area contributed by atoms with Gasteiger partial charge in [-0.1, -0.05) is 5.11 Å². The molecule has 0 spiro atoms. The van der Waals surface area contributed by atoms with Crippen LogP contribution in [0.3, 0.4) is 0 Å². The molecule has 0 fully saturated rings. The minimum Gasteiger partial charge on any atom is -0.454 e. The molecule has 1 aliphatic rings. The highest BCUT2D eigenvalue weighted by Crippen LogP contribution is 2.37. The number of fused-ring (bicyclic) bond motifs is 1. The molecule has 6 nitrogen and oxygen atoms in total. The number of azide groups is 1. The average Bonchev–Trinajstić information content (AvgIpc) is 2.64. The van der Waals surface area contributed by atoms with Gasteiger partial charge in [-0.25, -0.2) is 0 Å². The Kier molecular flexibility index (Phi) is 1.86. The first-order valence-corrected chi connectivity index (χ1v) is 3.74. The van der Waals surface area contributed by atoms with Crippen LogP contribution in [-0.2, 0) is 0 Å². The lowest BCUT2D eigenvalue weighted by molar-refractivity contribution is 0.174. The molecule has 0 unspecified atom stereocenters. The highest BCUT2D eigenvalue weighted by Gasteiger charge is 2.16. The minimum atomic E-state index is 0.125. The molecule has 0 atom stereocenters. The van der Waals surface area contributed by atoms with E-state index in [9.17, 15) is 0 Å². The fraction of sp³-hybridized carbons (Fsp3) is 0.125. The van der Waals surface area contributed by atoms with Crippen LogP contribution in [-0.4, -0.2) is 6.79 Å². The number of benzene rings is 1. The Morgan fingerprint density at radius 3 is 2.79 bits per heavy atom. The molecule has 0 saturated heterocycles. The standard InChI is InChI=1S/C8H4N4O2/c9-3-5-1-7-8(14-4-13-7)2-6(5)11-12-10/h1-2H,4H2. The molecular formula is C8H4N4O2. The fourth-order valence-corrected chi connectivity index (χ4v) is 1.15. The zero-order valence-electron chi connectivity index (χ0n) is 6.97. The Hall–Kier alpha value is -2.38. The second kappa shape index (κ2) is 3.17. The zero-order chi connectivity index (χ0) is 9.97. The molecule has 6 heteroatoms. The van der Waals surface area contributed by atoms with E-state index in [1.54, 1.807) is 0 Å². The van der Waals surface area contributed by atoms with Crippen molar-refractivity contribution in [3.63, 3.8) is 0 Å². The van der Waals surface area contributed by atoms with Gasteiger partial charge >= 0.3 is 0 Å². The van der Waals surface area contributed by atoms with Crippen LogP contribution in [0, 0.1) is 11.3 Å². The van der Waals surface area contributed by atoms with Crippen molar-refractivity contribution in [2.24, 2.45) is 5.11 Å². The Morgan fingerprint density at radius 2 is 2.14 bits per heavy atom. The van der Waals surface area contributed by atoms with Gasteiger partial charge in [0.15, 0.2) is 11.5 Å². The van der Waals surface area contributed by atoms with Crippen molar-refractivity contribution in [3.8, 4) is 17.6 Å². The van der Waals surface area contributed by atoms with E-state index < -0.39 is 0 Å². The van der Waals surface area contributed by atoms with Crippen LogP contribution in [0.2, 0.25) is 0 Å². The summed E-state index contributed by atoms with van der Waals surface area (Å²) in [6.07, 6.45) is 0. The maximum atomic E-state index is 8.75. The van der Waals surface area contributed by atoms with Gasteiger partial charge in [0.1, 0.15) is 0 Å². The van der Waals surface area contributed by atoms with Gasteiger partial charge in [-0.05, 0) is 11.6 Å². The van der Waals surface area contributed by atoms with Gasteiger partial charge in [-0.15, -0.1) is 0 Å². The van der Waals surface area contributed by atoms with Crippen LogP contribution in [0.5, 0.6) is 11.5 Å². The molecular weight excluding hydrogens is 184 g/mol. The number of nitrogens with zero attached hydrogens (tertiary/aromatic N) is 4. The van der Waals surface area contributed by atoms with Gasteiger partial charge in [-0.3, -0.25) is 0 Å². The summed E-state index contributed by atoms with van der Waals surface area (Å²) in [5.74, 6) is 0.991. The van der Waals surface area contributed by atoms with Crippen LogP contribution in [0.4, 0.5) is 5.69 Å². The smallest absolute Gasteiger partial charge is 0.231 e. The maximum absolute atomic E-state index is 8.75. The van der Waals surface area contributed by atoms with E-state index in [0.717, 1.165) is 0 Å². The quantitative estimate of drug-likeness (QED) is 0.384. The van der Waals surface area contributed by atoms with Gasteiger partial charge in [0.25, 0.3) is 0 Å². The summed E-state index contributed by atoms with van der Waals surface area (Å²) in [6, 6.07) is 4.89. The number of hydrogen-bond acceptors (Lipinski definition) is 4. The summed E-state index contributed by atoms with van der Waals surface area (Å²) in [4.78, 5) is 2.62. The summed E-state index contributed by atoms with van der Waals surface area (Å²) in [7, 11) is 0. The van der Waals surface area contributed by atoms with E-state index in [4.69, 9.17) is 20.3 Å². The molecule has 1 aromatic carbocycles. The molecule has 14 heavy (non-hydrogen) atoms. The van der Waals surface area contributed by atoms with E-state index >= 15 is 0 Å². The van der Waals surface area contributed by atoms with Crippen molar-refractivity contribution < 1.29 is 9.47 Å². The molecule has 2 rings (SSSR count). The van der Waals surface area contributed by atoms with Crippen LogP contribution >= 0.6 is 0 Å². The van der Waals surface area contributed by atoms with Crippen molar-refractivity contribution in [3.05, 3.63) is 28.1 Å². The van der Waals surface area contributed by atoms with E-state index in [1.165, 1.54) is 12.1 Å². The molecule has 0 N–H and O–H groups in total. The molecule has 1 aromatic rings. The highest BCUT2D eigenvalue weighted by atomic mass is 16.7. The Labute approximate surface area is 78.9 Å². The Balaban J connectivity index is 2.61. The summed E-state index contributed by atoms with van der Waals surface area (Å²) in [6.45, 7) is 0.125. The van der Waals surface area contributed by atoms with Crippen LogP contribution in [0.15, 0.2) is 17.2 Å². The lowest BCUT2D eigenvalue weighted by Gasteiger charge is -1.98. The first-order valence-electron chi connectivity index (χ1n) is 3.74. The molecule has 0 bridgehead atoms. The van der Waals surface area contributed by atoms with E-state index in [1.807, 2.05) is 6.07 Å². The van der Waals surface area contributed by atoms with Gasteiger partial charge in [0, 0.05) is 11.0 Å². The zero-order valence-corrected chi connectivity index (χ0v) is 6.97. The molecule has 0 saturated carbocycles. The van der Waals surface area contributed by atoms with Gasteiger partial charge in [0.05, 0.1) is 17.3 Å². The second-order valence-electron chi connectivity index (χ2n) is 2.52. The molecule has 0 aromatic heterocycles. The molecule has 1 aliphatic heterocycles. The summed E-state index contributed by atoms with van der Waals surface area (Å²) >= 11 is 0. The average molecular weight is 188 g/mol. The van der Waals surface area contributed by atoms with Crippen molar-refractivity contribution in [1.29, 1.82) is 5.26 Å². The first kappa shape index (κ1) is 8.23. The fourth-order valence-electron chi connectivity index (χ4n) is 1.15. The summed E-state index contributed by atoms with van der Waals surface area (Å²) < 4.78 is 10.1. The number of ether oxygens (including phenoxy) is 2. The molecule has 1 heterocycles. The van der Waals surface area contributed by atoms with Crippen LogP contribution < -0.4 is 9.47 Å². The minimum absolute atomic E-state index is 0.125. The predicted molar refractivity (Wildman–Crippen MR) is 46.1 cm³/mol. The molecule has 68 valence electrons. The van der Waals surface area contributed by atoms with E-state index in [0.29, 0.717) is 11.5 Å². The lowest BCUT2D eigenvalue weighted by atomic mass is 10.2. The maximum Gasteiger partial charge on any atom is 0.231 e. The number of hydrogen-bond donors (Lipinski definition) is 0. The number of nitriles is 1. The van der Waals surface area contributed by atoms with Gasteiger partial charge < -0.3 is 9.47 Å². The van der Waals surface area contributed by atoms with Crippen molar-refractivity contribution in [2.45, 2.75) is 0 Å². The third-order valence-electron chi connectivity index (χ3n) is 1.76. The Bertz CT molecular complexity index is 471. The van der Waals surface area contributed by atoms with Crippen molar-refractivity contribution in [1.82, 2.24) is 0 Å². The van der Waals surface area contributed by atoms with Crippen LogP contribution in [0.1, 0.15) is 5.56 Å². The first-order chi connectivity index (χ1) is 6.85. The monoisotopic (exact) mass is 188 g/mol. The van der Waals surface area contributed by atoms with E-state index in [-0.39, 0.29) is 18.0 Å². The van der Waals surface area contributed by atoms with E-state index in [2.05, 4.69) is 10.0 Å². The van der Waals surface area contributed by atoms with Gasteiger partial charge in [-0.2, -0.15) is 5.26 Å². The molecule has 0 amide bonds. The number of rotatable bonds is 1. The predicted octanol–water partition coefficient (Wildman–Crippen LogP) is 2.23. The van der Waals surface area contributed by atoms with Crippen LogP contribution in [0.25, 0.3) is 10.4 Å².